The van der Waals surface area contributed by atoms with E-state index in [0.29, 0.717) is 0 Å². The first-order chi connectivity index (χ1) is 5.86. The van der Waals surface area contributed by atoms with Gasteiger partial charge in [0.2, 0.25) is 0 Å². The van der Waals surface area contributed by atoms with Gasteiger partial charge in [0, 0.05) is 51.1 Å². The fraction of sp³-hybridized carbons (Fsp3) is 1.00. The standard InChI is InChI=1S/C8H18BrN3/c9-1-3-11-5-7-12(4-2-10)8-6-11/h1-8,10H2. The molecule has 0 unspecified atom stereocenters. The van der Waals surface area contributed by atoms with Crippen molar-refractivity contribution >= 4 is 15.9 Å². The quantitative estimate of drug-likeness (QED) is 0.695. The fourth-order valence-electron chi connectivity index (χ4n) is 1.54. The Balaban J connectivity index is 2.11. The van der Waals surface area contributed by atoms with E-state index in [4.69, 9.17) is 5.73 Å². The summed E-state index contributed by atoms with van der Waals surface area (Å²) in [5.41, 5.74) is 5.49. The number of halogens is 1. The van der Waals surface area contributed by atoms with Crippen LogP contribution in [-0.2, 0) is 0 Å². The molecule has 0 aliphatic carbocycles. The van der Waals surface area contributed by atoms with Crippen LogP contribution in [0.25, 0.3) is 0 Å². The van der Waals surface area contributed by atoms with Gasteiger partial charge in [0.1, 0.15) is 0 Å². The lowest BCUT2D eigenvalue weighted by molar-refractivity contribution is 0.141. The van der Waals surface area contributed by atoms with Gasteiger partial charge in [-0.3, -0.25) is 9.80 Å². The summed E-state index contributed by atoms with van der Waals surface area (Å²) in [4.78, 5) is 4.92. The van der Waals surface area contributed by atoms with E-state index < -0.39 is 0 Å². The SMILES string of the molecule is NCCN1CCN(CCBr)CC1. The summed E-state index contributed by atoms with van der Waals surface area (Å²) in [7, 11) is 0. The van der Waals surface area contributed by atoms with Crippen molar-refractivity contribution in [1.82, 2.24) is 9.80 Å². The predicted molar refractivity (Wildman–Crippen MR) is 55.7 cm³/mol. The van der Waals surface area contributed by atoms with E-state index in [0.717, 1.165) is 18.4 Å². The summed E-state index contributed by atoms with van der Waals surface area (Å²) >= 11 is 3.46. The van der Waals surface area contributed by atoms with Crippen LogP contribution in [0.3, 0.4) is 0 Å². The second kappa shape index (κ2) is 5.91. The Bertz CT molecular complexity index is 98.9. The molecule has 2 N–H and O–H groups in total. The lowest BCUT2D eigenvalue weighted by Gasteiger charge is -2.33. The van der Waals surface area contributed by atoms with Crippen molar-refractivity contribution in [1.29, 1.82) is 0 Å². The highest BCUT2D eigenvalue weighted by Gasteiger charge is 2.14. The molecule has 1 saturated heterocycles. The molecule has 0 bridgehead atoms. The molecule has 0 aromatic carbocycles. The second-order valence-electron chi connectivity index (χ2n) is 3.16. The number of rotatable bonds is 4. The van der Waals surface area contributed by atoms with Gasteiger partial charge in [-0.05, 0) is 0 Å². The molecule has 0 aromatic heterocycles. The largest absolute Gasteiger partial charge is 0.329 e. The average Bonchev–Trinajstić information content (AvgIpc) is 2.09. The zero-order valence-corrected chi connectivity index (χ0v) is 9.09. The van der Waals surface area contributed by atoms with Crippen molar-refractivity contribution in [3.63, 3.8) is 0 Å². The van der Waals surface area contributed by atoms with Crippen LogP contribution in [0.2, 0.25) is 0 Å². The molecule has 0 radical (unpaired) electrons. The third kappa shape index (κ3) is 3.39. The number of hydrogen-bond donors (Lipinski definition) is 1. The normalized spacial score (nSPS) is 21.5. The van der Waals surface area contributed by atoms with Crippen LogP contribution in [0.1, 0.15) is 0 Å². The molecule has 0 amide bonds. The molecular formula is C8H18BrN3. The van der Waals surface area contributed by atoms with Crippen LogP contribution in [0, 0.1) is 0 Å². The Morgan fingerprint density at radius 1 is 1.00 bits per heavy atom. The van der Waals surface area contributed by atoms with Gasteiger partial charge in [-0.2, -0.15) is 0 Å². The second-order valence-corrected chi connectivity index (χ2v) is 3.95. The molecule has 1 heterocycles. The predicted octanol–water partition coefficient (Wildman–Crippen LogP) is -0.0424. The van der Waals surface area contributed by atoms with Crippen LogP contribution >= 0.6 is 15.9 Å². The molecular weight excluding hydrogens is 218 g/mol. The zero-order chi connectivity index (χ0) is 8.81. The molecule has 12 heavy (non-hydrogen) atoms. The molecule has 0 aromatic rings. The van der Waals surface area contributed by atoms with Crippen molar-refractivity contribution in [3.05, 3.63) is 0 Å². The van der Waals surface area contributed by atoms with Crippen molar-refractivity contribution < 1.29 is 0 Å². The van der Waals surface area contributed by atoms with Gasteiger partial charge in [0.15, 0.2) is 0 Å². The van der Waals surface area contributed by atoms with Gasteiger partial charge >= 0.3 is 0 Å². The number of hydrogen-bond acceptors (Lipinski definition) is 3. The summed E-state index contributed by atoms with van der Waals surface area (Å²) < 4.78 is 0. The van der Waals surface area contributed by atoms with Crippen LogP contribution in [0.4, 0.5) is 0 Å². The summed E-state index contributed by atoms with van der Waals surface area (Å²) in [5, 5.41) is 1.09. The lowest BCUT2D eigenvalue weighted by atomic mass is 10.3. The van der Waals surface area contributed by atoms with Crippen molar-refractivity contribution in [3.8, 4) is 0 Å². The summed E-state index contributed by atoms with van der Waals surface area (Å²) in [6.45, 7) is 7.79. The van der Waals surface area contributed by atoms with Gasteiger partial charge in [0.05, 0.1) is 0 Å². The first kappa shape index (κ1) is 10.4. The maximum Gasteiger partial charge on any atom is 0.0159 e. The van der Waals surface area contributed by atoms with Crippen molar-refractivity contribution in [2.24, 2.45) is 5.73 Å². The first-order valence-corrected chi connectivity index (χ1v) is 5.69. The molecule has 0 spiro atoms. The lowest BCUT2D eigenvalue weighted by Crippen LogP contribution is -2.48. The Morgan fingerprint density at radius 3 is 1.92 bits per heavy atom. The minimum atomic E-state index is 0.790. The van der Waals surface area contributed by atoms with Gasteiger partial charge in [-0.1, -0.05) is 15.9 Å². The molecule has 1 aliphatic heterocycles. The number of nitrogens with two attached hydrogens (primary N) is 1. The molecule has 4 heteroatoms. The average molecular weight is 236 g/mol. The van der Waals surface area contributed by atoms with E-state index >= 15 is 0 Å². The van der Waals surface area contributed by atoms with Gasteiger partial charge < -0.3 is 5.73 Å². The minimum Gasteiger partial charge on any atom is -0.329 e. The maximum atomic E-state index is 5.49. The summed E-state index contributed by atoms with van der Waals surface area (Å²) in [5.74, 6) is 0. The monoisotopic (exact) mass is 235 g/mol. The number of nitrogens with zero attached hydrogens (tertiary/aromatic N) is 2. The molecule has 0 atom stereocenters. The molecule has 72 valence electrons. The highest BCUT2D eigenvalue weighted by atomic mass is 79.9. The van der Waals surface area contributed by atoms with E-state index in [-0.39, 0.29) is 0 Å². The molecule has 1 fully saturated rings. The number of alkyl halides is 1. The van der Waals surface area contributed by atoms with Crippen molar-refractivity contribution in [2.75, 3.05) is 51.1 Å². The summed E-state index contributed by atoms with van der Waals surface area (Å²) in [6.07, 6.45) is 0. The van der Waals surface area contributed by atoms with Crippen LogP contribution in [-0.4, -0.2) is 60.9 Å². The van der Waals surface area contributed by atoms with Gasteiger partial charge in [-0.15, -0.1) is 0 Å². The maximum absolute atomic E-state index is 5.49. The number of piperazine rings is 1. The highest BCUT2D eigenvalue weighted by molar-refractivity contribution is 9.09. The van der Waals surface area contributed by atoms with E-state index in [9.17, 15) is 0 Å². The molecule has 0 saturated carbocycles. The van der Waals surface area contributed by atoms with E-state index in [1.165, 1.54) is 32.7 Å². The van der Waals surface area contributed by atoms with Crippen LogP contribution in [0.15, 0.2) is 0 Å². The third-order valence-corrected chi connectivity index (χ3v) is 2.67. The highest BCUT2D eigenvalue weighted by Crippen LogP contribution is 2.00. The molecule has 3 nitrogen and oxygen atoms in total. The fourth-order valence-corrected chi connectivity index (χ4v) is 2.04. The Hall–Kier alpha value is 0.360. The van der Waals surface area contributed by atoms with E-state index in [1.54, 1.807) is 0 Å². The first-order valence-electron chi connectivity index (χ1n) is 4.57. The van der Waals surface area contributed by atoms with Crippen LogP contribution < -0.4 is 5.73 Å². The zero-order valence-electron chi connectivity index (χ0n) is 7.51. The van der Waals surface area contributed by atoms with Gasteiger partial charge in [0.25, 0.3) is 0 Å². The van der Waals surface area contributed by atoms with E-state index in [1.807, 2.05) is 0 Å². The smallest absolute Gasteiger partial charge is 0.0159 e. The minimum absolute atomic E-state index is 0.790. The van der Waals surface area contributed by atoms with Crippen molar-refractivity contribution in [2.45, 2.75) is 0 Å². The molecule has 1 aliphatic rings. The van der Waals surface area contributed by atoms with E-state index in [2.05, 4.69) is 25.7 Å². The summed E-state index contributed by atoms with van der Waals surface area (Å²) in [6, 6.07) is 0. The Kier molecular flexibility index (Phi) is 5.14. The van der Waals surface area contributed by atoms with Crippen LogP contribution in [0.5, 0.6) is 0 Å². The Labute approximate surface area is 83.0 Å². The topological polar surface area (TPSA) is 32.5 Å². The molecule has 1 rings (SSSR count). The Morgan fingerprint density at radius 2 is 1.50 bits per heavy atom. The third-order valence-electron chi connectivity index (χ3n) is 2.31. The van der Waals surface area contributed by atoms with Gasteiger partial charge in [-0.25, -0.2) is 0 Å².